The Balaban J connectivity index is 1.76. The van der Waals surface area contributed by atoms with E-state index in [9.17, 15) is 9.59 Å². The van der Waals surface area contributed by atoms with Crippen molar-refractivity contribution in [2.75, 3.05) is 22.5 Å². The van der Waals surface area contributed by atoms with Gasteiger partial charge >= 0.3 is 6.09 Å². The Bertz CT molecular complexity index is 845. The van der Waals surface area contributed by atoms with E-state index in [1.165, 1.54) is 0 Å². The molecule has 0 bridgehead atoms. The number of hydrogen-bond donors (Lipinski definition) is 3. The highest BCUT2D eigenvalue weighted by Gasteiger charge is 2.20. The smallest absolute Gasteiger partial charge is 0.412 e. The molecule has 2 amide bonds. The van der Waals surface area contributed by atoms with Crippen molar-refractivity contribution in [1.82, 2.24) is 4.98 Å². The first-order valence-corrected chi connectivity index (χ1v) is 8.11. The van der Waals surface area contributed by atoms with Gasteiger partial charge in [-0.15, -0.1) is 0 Å². The van der Waals surface area contributed by atoms with Gasteiger partial charge in [0, 0.05) is 24.0 Å². The summed E-state index contributed by atoms with van der Waals surface area (Å²) in [6.45, 7) is 5.54. The number of carbonyl (C=O) groups is 2. The maximum atomic E-state index is 11.9. The van der Waals surface area contributed by atoms with Gasteiger partial charge in [0.05, 0.1) is 6.54 Å². The Morgan fingerprint density at radius 2 is 2.08 bits per heavy atom. The third kappa shape index (κ3) is 4.41. The first-order chi connectivity index (χ1) is 12.3. The number of anilines is 3. The maximum absolute atomic E-state index is 11.9. The number of pyridine rings is 1. The number of nitrogens with one attached hydrogen (secondary N) is 3. The van der Waals surface area contributed by atoms with E-state index in [2.05, 4.69) is 20.9 Å². The van der Waals surface area contributed by atoms with Gasteiger partial charge in [0.25, 0.3) is 0 Å². The van der Waals surface area contributed by atoms with Crippen molar-refractivity contribution in [3.05, 3.63) is 36.5 Å². The van der Waals surface area contributed by atoms with Crippen LogP contribution in [-0.2, 0) is 9.53 Å². The Labute approximate surface area is 150 Å². The van der Waals surface area contributed by atoms with Crippen molar-refractivity contribution in [2.24, 2.45) is 0 Å². The van der Waals surface area contributed by atoms with E-state index in [4.69, 9.17) is 9.47 Å². The molecule has 1 aromatic carbocycles. The second kappa shape index (κ2) is 6.91. The van der Waals surface area contributed by atoms with Gasteiger partial charge in [0.1, 0.15) is 17.0 Å². The van der Waals surface area contributed by atoms with E-state index in [-0.39, 0.29) is 12.5 Å². The molecule has 0 saturated heterocycles. The van der Waals surface area contributed by atoms with Crippen molar-refractivity contribution < 1.29 is 19.1 Å². The zero-order chi connectivity index (χ0) is 18.7. The van der Waals surface area contributed by atoms with Crippen molar-refractivity contribution >= 4 is 29.2 Å². The van der Waals surface area contributed by atoms with E-state index >= 15 is 0 Å². The second-order valence-electron chi connectivity index (χ2n) is 6.69. The molecule has 136 valence electrons. The van der Waals surface area contributed by atoms with Crippen LogP contribution in [0.3, 0.4) is 0 Å². The number of amides is 2. The van der Waals surface area contributed by atoms with Crippen LogP contribution in [0.25, 0.3) is 0 Å². The fraction of sp³-hybridized carbons (Fsp3) is 0.278. The molecule has 0 fully saturated rings. The Morgan fingerprint density at radius 1 is 1.27 bits per heavy atom. The van der Waals surface area contributed by atoms with Crippen molar-refractivity contribution in [2.45, 2.75) is 26.4 Å². The summed E-state index contributed by atoms with van der Waals surface area (Å²) < 4.78 is 11.1. The summed E-state index contributed by atoms with van der Waals surface area (Å²) in [6.07, 6.45) is 1.04. The van der Waals surface area contributed by atoms with Gasteiger partial charge in [-0.3, -0.25) is 10.1 Å². The summed E-state index contributed by atoms with van der Waals surface area (Å²) >= 11 is 0. The van der Waals surface area contributed by atoms with Gasteiger partial charge in [-0.2, -0.15) is 0 Å². The fourth-order valence-corrected chi connectivity index (χ4v) is 2.32. The van der Waals surface area contributed by atoms with Crippen LogP contribution < -0.4 is 20.7 Å². The first kappa shape index (κ1) is 17.5. The molecule has 8 nitrogen and oxygen atoms in total. The fourth-order valence-electron chi connectivity index (χ4n) is 2.32. The zero-order valence-corrected chi connectivity index (χ0v) is 14.8. The van der Waals surface area contributed by atoms with Crippen LogP contribution >= 0.6 is 0 Å². The minimum Gasteiger partial charge on any atom is -0.455 e. The normalized spacial score (nSPS) is 13.1. The first-order valence-electron chi connectivity index (χ1n) is 8.11. The van der Waals surface area contributed by atoms with Crippen molar-refractivity contribution in [3.8, 4) is 11.5 Å². The molecular weight excluding hydrogens is 336 g/mol. The molecule has 26 heavy (non-hydrogen) atoms. The summed E-state index contributed by atoms with van der Waals surface area (Å²) in [5, 5.41) is 8.32. The molecule has 0 unspecified atom stereocenters. The highest BCUT2D eigenvalue weighted by atomic mass is 16.6. The molecule has 8 heteroatoms. The molecule has 0 radical (unpaired) electrons. The Morgan fingerprint density at radius 3 is 2.85 bits per heavy atom. The summed E-state index contributed by atoms with van der Waals surface area (Å²) in [7, 11) is 0. The number of benzene rings is 1. The van der Waals surface area contributed by atoms with Crippen LogP contribution in [0.5, 0.6) is 11.5 Å². The molecule has 0 spiro atoms. The molecule has 3 N–H and O–H groups in total. The Kier molecular flexibility index (Phi) is 4.66. The van der Waals surface area contributed by atoms with Gasteiger partial charge in [-0.1, -0.05) is 6.07 Å². The van der Waals surface area contributed by atoms with Crippen LogP contribution in [0.1, 0.15) is 20.8 Å². The van der Waals surface area contributed by atoms with Crippen LogP contribution in [-0.4, -0.2) is 29.1 Å². The summed E-state index contributed by atoms with van der Waals surface area (Å²) in [6, 6.07) is 8.52. The highest BCUT2D eigenvalue weighted by molar-refractivity contribution is 6.01. The zero-order valence-electron chi connectivity index (χ0n) is 14.8. The molecular formula is C18H20N4O4. The number of carbonyl (C=O) groups excluding carboxylic acids is 2. The molecule has 3 rings (SSSR count). The third-order valence-corrected chi connectivity index (χ3v) is 3.30. The molecule has 0 saturated carbocycles. The largest absolute Gasteiger partial charge is 0.455 e. The minimum absolute atomic E-state index is 0.165. The molecule has 1 aromatic heterocycles. The quantitative estimate of drug-likeness (QED) is 0.777. The standard InChI is InChI=1S/C18H20N4O4/c1-18(2,3)26-17(24)21-11-5-4-6-12(9-11)25-13-7-8-19-16-15(13)22-14(23)10-20-16/h4-9H,10H2,1-3H3,(H,19,20)(H,21,24)(H,22,23). The van der Waals surface area contributed by atoms with Crippen molar-refractivity contribution in [1.29, 1.82) is 0 Å². The SMILES string of the molecule is CC(C)(C)OC(=O)Nc1cccc(Oc2ccnc3c2NC(=O)CN3)c1. The maximum Gasteiger partial charge on any atom is 0.412 e. The van der Waals surface area contributed by atoms with Crippen LogP contribution in [0, 0.1) is 0 Å². The lowest BCUT2D eigenvalue weighted by molar-refractivity contribution is -0.114. The average molecular weight is 356 g/mol. The lowest BCUT2D eigenvalue weighted by Crippen LogP contribution is -2.28. The molecule has 0 aliphatic carbocycles. The van der Waals surface area contributed by atoms with Gasteiger partial charge in [0.2, 0.25) is 5.91 Å². The van der Waals surface area contributed by atoms with Gasteiger partial charge in [0.15, 0.2) is 11.6 Å². The third-order valence-electron chi connectivity index (χ3n) is 3.30. The topological polar surface area (TPSA) is 102 Å². The molecule has 2 heterocycles. The van der Waals surface area contributed by atoms with E-state index < -0.39 is 11.7 Å². The predicted octanol–water partition coefficient (Wildman–Crippen LogP) is 3.58. The van der Waals surface area contributed by atoms with E-state index in [1.54, 1.807) is 57.3 Å². The summed E-state index contributed by atoms with van der Waals surface area (Å²) in [5.41, 5.74) is 0.426. The van der Waals surface area contributed by atoms with Crippen LogP contribution in [0.2, 0.25) is 0 Å². The number of nitrogens with zero attached hydrogens (tertiary/aromatic N) is 1. The molecule has 1 aliphatic rings. The lowest BCUT2D eigenvalue weighted by Gasteiger charge is -2.21. The van der Waals surface area contributed by atoms with Gasteiger partial charge < -0.3 is 20.1 Å². The molecule has 2 aromatic rings. The summed E-state index contributed by atoms with van der Waals surface area (Å²) in [4.78, 5) is 27.7. The average Bonchev–Trinajstić information content (AvgIpc) is 2.54. The predicted molar refractivity (Wildman–Crippen MR) is 97.7 cm³/mol. The number of fused-ring (bicyclic) bond motifs is 1. The lowest BCUT2D eigenvalue weighted by atomic mass is 10.2. The monoisotopic (exact) mass is 356 g/mol. The second-order valence-corrected chi connectivity index (χ2v) is 6.69. The van der Waals surface area contributed by atoms with Crippen LogP contribution in [0.15, 0.2) is 36.5 Å². The van der Waals surface area contributed by atoms with Crippen LogP contribution in [0.4, 0.5) is 22.0 Å². The number of rotatable bonds is 3. The van der Waals surface area contributed by atoms with E-state index in [0.717, 1.165) is 0 Å². The van der Waals surface area contributed by atoms with Gasteiger partial charge in [-0.05, 0) is 32.9 Å². The highest BCUT2D eigenvalue weighted by Crippen LogP contribution is 2.36. The molecule has 0 atom stereocenters. The number of ether oxygens (including phenoxy) is 2. The number of aromatic nitrogens is 1. The molecule has 1 aliphatic heterocycles. The van der Waals surface area contributed by atoms with E-state index in [0.29, 0.717) is 28.7 Å². The summed E-state index contributed by atoms with van der Waals surface area (Å²) in [5.74, 6) is 1.32. The number of hydrogen-bond acceptors (Lipinski definition) is 6. The van der Waals surface area contributed by atoms with Crippen molar-refractivity contribution in [3.63, 3.8) is 0 Å². The Hall–Kier alpha value is -3.29. The minimum atomic E-state index is -0.584. The van der Waals surface area contributed by atoms with Gasteiger partial charge in [-0.25, -0.2) is 9.78 Å². The van der Waals surface area contributed by atoms with E-state index in [1.807, 2.05) is 0 Å².